The lowest BCUT2D eigenvalue weighted by Gasteiger charge is -2.14. The van der Waals surface area contributed by atoms with E-state index >= 15 is 0 Å². The summed E-state index contributed by atoms with van der Waals surface area (Å²) in [6.45, 7) is 5.73. The minimum Gasteiger partial charge on any atom is -0.234 e. The van der Waals surface area contributed by atoms with Crippen LogP contribution in [0.1, 0.15) is 43.9 Å². The van der Waals surface area contributed by atoms with E-state index in [1.807, 2.05) is 39.0 Å². The molecule has 0 saturated heterocycles. The molecule has 1 aromatic carbocycles. The molecule has 0 saturated carbocycles. The molecule has 0 amide bonds. The fraction of sp³-hybridized carbons (Fsp3) is 0.429. The van der Waals surface area contributed by atoms with Crippen LogP contribution in [0.25, 0.3) is 0 Å². The molecule has 0 heterocycles. The highest BCUT2D eigenvalue weighted by Crippen LogP contribution is 2.27. The van der Waals surface area contributed by atoms with Crippen LogP contribution in [0.4, 0.5) is 0 Å². The summed E-state index contributed by atoms with van der Waals surface area (Å²) in [7, 11) is -1.24. The molecule has 0 aromatic heterocycles. The smallest absolute Gasteiger partial charge is 0.145 e. The molecule has 3 nitrogen and oxygen atoms in total. The number of benzene rings is 1. The third kappa shape index (κ3) is 2.37. The molecule has 1 aliphatic carbocycles. The molecular weight excluding hydrogens is 244 g/mol. The fourth-order valence-corrected chi connectivity index (χ4v) is 2.60. The summed E-state index contributed by atoms with van der Waals surface area (Å²) in [5, 5.41) is 9.05. The number of hydrogen-bond donors (Lipinski definition) is 0. The monoisotopic (exact) mass is 260 g/mol. The van der Waals surface area contributed by atoms with Gasteiger partial charge in [0, 0.05) is 5.56 Å². The molecule has 0 unspecified atom stereocenters. The summed E-state index contributed by atoms with van der Waals surface area (Å²) < 4.78 is 16.0. The van der Waals surface area contributed by atoms with Crippen molar-refractivity contribution < 1.29 is 4.21 Å². The van der Waals surface area contributed by atoms with Gasteiger partial charge in [0.25, 0.3) is 0 Å². The largest absolute Gasteiger partial charge is 0.234 e. The Morgan fingerprint density at radius 1 is 1.33 bits per heavy atom. The molecule has 0 aliphatic heterocycles. The molecule has 1 aromatic rings. The van der Waals surface area contributed by atoms with E-state index < -0.39 is 11.0 Å². The Bertz CT molecular complexity index is 576. The molecule has 18 heavy (non-hydrogen) atoms. The number of fused-ring (bicyclic) bond motifs is 1. The van der Waals surface area contributed by atoms with Crippen LogP contribution >= 0.6 is 0 Å². The zero-order valence-corrected chi connectivity index (χ0v) is 11.7. The fourth-order valence-electron chi connectivity index (χ4n) is 1.94. The first-order valence-corrected chi connectivity index (χ1v) is 7.06. The number of rotatable bonds is 1. The highest BCUT2D eigenvalue weighted by molar-refractivity contribution is 7.85. The Morgan fingerprint density at radius 2 is 2.06 bits per heavy atom. The standard InChI is InChI=1S/C14H16N2OS/c1-14(2,3)18(17)16-13-8-7-11-10(9-15)5-4-6-12(11)13/h4-6H,7-8H2,1-3H3/b16-13+/t18-/m1/s1. The molecular formula is C14H16N2OS. The quantitative estimate of drug-likeness (QED) is 0.779. The van der Waals surface area contributed by atoms with Crippen molar-refractivity contribution in [1.82, 2.24) is 0 Å². The van der Waals surface area contributed by atoms with Gasteiger partial charge in [-0.25, -0.2) is 4.21 Å². The number of hydrogen-bond acceptors (Lipinski definition) is 2. The zero-order valence-electron chi connectivity index (χ0n) is 10.9. The lowest BCUT2D eigenvalue weighted by atomic mass is 10.0. The van der Waals surface area contributed by atoms with Gasteiger partial charge in [0.2, 0.25) is 0 Å². The zero-order chi connectivity index (χ0) is 13.3. The van der Waals surface area contributed by atoms with Crippen molar-refractivity contribution in [2.24, 2.45) is 4.40 Å². The predicted octanol–water partition coefficient (Wildman–Crippen LogP) is 2.76. The summed E-state index contributed by atoms with van der Waals surface area (Å²) in [4.78, 5) is 0. The molecule has 1 aliphatic rings. The Hall–Kier alpha value is -1.47. The van der Waals surface area contributed by atoms with Crippen molar-refractivity contribution in [3.05, 3.63) is 34.9 Å². The normalized spacial score (nSPS) is 18.4. The third-order valence-corrected chi connectivity index (χ3v) is 4.37. The average molecular weight is 260 g/mol. The minimum atomic E-state index is -1.24. The topological polar surface area (TPSA) is 53.2 Å². The maximum atomic E-state index is 12.0. The van der Waals surface area contributed by atoms with Gasteiger partial charge >= 0.3 is 0 Å². The Balaban J connectivity index is 2.42. The van der Waals surface area contributed by atoms with Gasteiger partial charge in [0.1, 0.15) is 11.0 Å². The lowest BCUT2D eigenvalue weighted by molar-refractivity contribution is 0.650. The first-order valence-electron chi connectivity index (χ1n) is 5.95. The van der Waals surface area contributed by atoms with Gasteiger partial charge in [-0.1, -0.05) is 12.1 Å². The summed E-state index contributed by atoms with van der Waals surface area (Å²) in [5.74, 6) is 0. The number of nitrogens with zero attached hydrogens (tertiary/aromatic N) is 2. The van der Waals surface area contributed by atoms with E-state index in [9.17, 15) is 4.21 Å². The maximum absolute atomic E-state index is 12.0. The second-order valence-corrected chi connectivity index (χ2v) is 7.25. The van der Waals surface area contributed by atoms with E-state index in [0.29, 0.717) is 5.56 Å². The van der Waals surface area contributed by atoms with Crippen LogP contribution in [0.5, 0.6) is 0 Å². The van der Waals surface area contributed by atoms with Crippen LogP contribution < -0.4 is 0 Å². The molecule has 0 N–H and O–H groups in total. The van der Waals surface area contributed by atoms with Gasteiger partial charge in [0.15, 0.2) is 0 Å². The van der Waals surface area contributed by atoms with Crippen LogP contribution in [-0.4, -0.2) is 14.7 Å². The summed E-state index contributed by atoms with van der Waals surface area (Å²) in [5.41, 5.74) is 3.62. The van der Waals surface area contributed by atoms with Crippen molar-refractivity contribution >= 4 is 16.7 Å². The van der Waals surface area contributed by atoms with Crippen LogP contribution in [0.15, 0.2) is 22.6 Å². The summed E-state index contributed by atoms with van der Waals surface area (Å²) >= 11 is 0. The van der Waals surface area contributed by atoms with Gasteiger partial charge in [-0.05, 0) is 45.2 Å². The Kier molecular flexibility index (Phi) is 3.36. The van der Waals surface area contributed by atoms with Crippen LogP contribution in [0.3, 0.4) is 0 Å². The Morgan fingerprint density at radius 3 is 2.67 bits per heavy atom. The second-order valence-electron chi connectivity index (χ2n) is 5.34. The van der Waals surface area contributed by atoms with Gasteiger partial charge < -0.3 is 0 Å². The molecule has 0 fully saturated rings. The summed E-state index contributed by atoms with van der Waals surface area (Å²) in [6.07, 6.45) is 1.59. The van der Waals surface area contributed by atoms with Crippen LogP contribution in [-0.2, 0) is 17.4 Å². The van der Waals surface area contributed by atoms with E-state index in [0.717, 1.165) is 29.7 Å². The van der Waals surface area contributed by atoms with Crippen molar-refractivity contribution in [2.45, 2.75) is 38.4 Å². The van der Waals surface area contributed by atoms with Gasteiger partial charge in [0.05, 0.1) is 22.1 Å². The SMILES string of the molecule is CC(C)(C)[S@@](=O)/N=C1\CCc2c(C#N)cccc21. The molecule has 0 spiro atoms. The highest BCUT2D eigenvalue weighted by Gasteiger charge is 2.24. The first kappa shape index (κ1) is 13.0. The van der Waals surface area contributed by atoms with E-state index in [4.69, 9.17) is 5.26 Å². The molecule has 1 atom stereocenters. The number of nitriles is 1. The molecule has 94 valence electrons. The summed E-state index contributed by atoms with van der Waals surface area (Å²) in [6, 6.07) is 7.84. The van der Waals surface area contributed by atoms with E-state index in [1.54, 1.807) is 0 Å². The van der Waals surface area contributed by atoms with E-state index in [-0.39, 0.29) is 4.75 Å². The predicted molar refractivity (Wildman–Crippen MR) is 73.9 cm³/mol. The molecule has 0 radical (unpaired) electrons. The maximum Gasteiger partial charge on any atom is 0.145 e. The van der Waals surface area contributed by atoms with E-state index in [1.165, 1.54) is 0 Å². The van der Waals surface area contributed by atoms with Gasteiger partial charge in [-0.2, -0.15) is 9.66 Å². The minimum absolute atomic E-state index is 0.345. The average Bonchev–Trinajstić information content (AvgIpc) is 2.71. The lowest BCUT2D eigenvalue weighted by Crippen LogP contribution is -2.20. The van der Waals surface area contributed by atoms with Crippen LogP contribution in [0.2, 0.25) is 0 Å². The molecule has 4 heteroatoms. The first-order chi connectivity index (χ1) is 8.43. The Labute approximate surface area is 110 Å². The van der Waals surface area contributed by atoms with Crippen molar-refractivity contribution in [3.63, 3.8) is 0 Å². The van der Waals surface area contributed by atoms with E-state index in [2.05, 4.69) is 10.5 Å². The van der Waals surface area contributed by atoms with Crippen molar-refractivity contribution in [2.75, 3.05) is 0 Å². The second kappa shape index (κ2) is 4.66. The van der Waals surface area contributed by atoms with Gasteiger partial charge in [-0.15, -0.1) is 0 Å². The third-order valence-electron chi connectivity index (χ3n) is 2.94. The van der Waals surface area contributed by atoms with Crippen molar-refractivity contribution in [3.8, 4) is 6.07 Å². The highest BCUT2D eigenvalue weighted by atomic mass is 32.2. The molecule has 2 rings (SSSR count). The van der Waals surface area contributed by atoms with Gasteiger partial charge in [-0.3, -0.25) is 0 Å². The van der Waals surface area contributed by atoms with Crippen molar-refractivity contribution in [1.29, 1.82) is 5.26 Å². The molecule has 0 bridgehead atoms. The van der Waals surface area contributed by atoms with Crippen LogP contribution in [0, 0.1) is 11.3 Å².